The predicted octanol–water partition coefficient (Wildman–Crippen LogP) is 3.55. The maximum atomic E-state index is 10.7. The highest BCUT2D eigenvalue weighted by Crippen LogP contribution is 2.20. The molecular formula is C18H13N3O2. The first kappa shape index (κ1) is 13.5. The number of benzene rings is 2. The molecule has 0 amide bonds. The highest BCUT2D eigenvalue weighted by Gasteiger charge is 2.07. The molecule has 0 aliphatic carbocycles. The maximum Gasteiger partial charge on any atom is 0.226 e. The van der Waals surface area contributed by atoms with E-state index in [1.807, 2.05) is 47.3 Å². The van der Waals surface area contributed by atoms with Crippen molar-refractivity contribution in [2.75, 3.05) is 0 Å². The molecule has 2 heterocycles. The van der Waals surface area contributed by atoms with E-state index in [4.69, 9.17) is 4.42 Å². The summed E-state index contributed by atoms with van der Waals surface area (Å²) in [6.45, 7) is 0.693. The number of rotatable bonds is 4. The monoisotopic (exact) mass is 303 g/mol. The normalized spacial score (nSPS) is 11.0. The summed E-state index contributed by atoms with van der Waals surface area (Å²) >= 11 is 0. The third-order valence-electron chi connectivity index (χ3n) is 3.73. The molecule has 0 aliphatic rings. The Morgan fingerprint density at radius 1 is 1.09 bits per heavy atom. The van der Waals surface area contributed by atoms with Crippen molar-refractivity contribution in [3.05, 3.63) is 72.2 Å². The molecule has 4 aromatic rings. The van der Waals surface area contributed by atoms with Crippen molar-refractivity contribution >= 4 is 17.2 Å². The van der Waals surface area contributed by atoms with Gasteiger partial charge in [-0.15, -0.1) is 0 Å². The smallest absolute Gasteiger partial charge is 0.226 e. The molecule has 0 unspecified atom stereocenters. The second kappa shape index (κ2) is 5.53. The van der Waals surface area contributed by atoms with Gasteiger partial charge in [0, 0.05) is 10.9 Å². The number of hydrogen-bond acceptors (Lipinski definition) is 4. The van der Waals surface area contributed by atoms with Crippen molar-refractivity contribution in [2.24, 2.45) is 0 Å². The van der Waals surface area contributed by atoms with E-state index in [0.29, 0.717) is 24.4 Å². The predicted molar refractivity (Wildman–Crippen MR) is 86.2 cm³/mol. The van der Waals surface area contributed by atoms with Crippen LogP contribution in [0.5, 0.6) is 0 Å². The SMILES string of the molecule is O=Cc1coc(-c2ccc(Cn3ncc4ccccc43)cc2)n1. The molecule has 0 aliphatic heterocycles. The summed E-state index contributed by atoms with van der Waals surface area (Å²) in [7, 11) is 0. The lowest BCUT2D eigenvalue weighted by Gasteiger charge is -2.04. The Labute approximate surface area is 132 Å². The fourth-order valence-corrected chi connectivity index (χ4v) is 2.55. The number of fused-ring (bicyclic) bond motifs is 1. The van der Waals surface area contributed by atoms with E-state index in [1.54, 1.807) is 0 Å². The zero-order valence-corrected chi connectivity index (χ0v) is 12.2. The summed E-state index contributed by atoms with van der Waals surface area (Å²) in [5, 5.41) is 5.56. The Bertz CT molecular complexity index is 967. The van der Waals surface area contributed by atoms with E-state index >= 15 is 0 Å². The molecule has 2 aromatic heterocycles. The van der Waals surface area contributed by atoms with Gasteiger partial charge in [-0.05, 0) is 23.8 Å². The van der Waals surface area contributed by atoms with Crippen molar-refractivity contribution in [1.82, 2.24) is 14.8 Å². The summed E-state index contributed by atoms with van der Waals surface area (Å²) < 4.78 is 7.26. The molecule has 0 saturated carbocycles. The quantitative estimate of drug-likeness (QED) is 0.541. The van der Waals surface area contributed by atoms with Gasteiger partial charge in [-0.2, -0.15) is 5.10 Å². The average molecular weight is 303 g/mol. The molecule has 0 atom stereocenters. The Balaban J connectivity index is 1.59. The van der Waals surface area contributed by atoms with Gasteiger partial charge in [0.1, 0.15) is 12.0 Å². The molecule has 0 bridgehead atoms. The van der Waals surface area contributed by atoms with Gasteiger partial charge in [0.25, 0.3) is 0 Å². The summed E-state index contributed by atoms with van der Waals surface area (Å²) in [6, 6.07) is 16.0. The Kier molecular flexibility index (Phi) is 3.24. The molecule has 0 spiro atoms. The van der Waals surface area contributed by atoms with Gasteiger partial charge in [0.15, 0.2) is 6.29 Å². The number of carbonyl (C=O) groups is 1. The lowest BCUT2D eigenvalue weighted by molar-refractivity contribution is 0.111. The zero-order chi connectivity index (χ0) is 15.6. The van der Waals surface area contributed by atoms with Crippen molar-refractivity contribution in [1.29, 1.82) is 0 Å². The van der Waals surface area contributed by atoms with Crippen LogP contribution in [0, 0.1) is 0 Å². The van der Waals surface area contributed by atoms with Gasteiger partial charge in [-0.3, -0.25) is 9.48 Å². The Morgan fingerprint density at radius 3 is 2.70 bits per heavy atom. The minimum absolute atomic E-state index is 0.298. The van der Waals surface area contributed by atoms with Crippen molar-refractivity contribution in [3.8, 4) is 11.5 Å². The van der Waals surface area contributed by atoms with Crippen LogP contribution in [-0.4, -0.2) is 21.1 Å². The van der Waals surface area contributed by atoms with E-state index in [0.717, 1.165) is 22.0 Å². The number of carbonyl (C=O) groups excluding carboxylic acids is 1. The van der Waals surface area contributed by atoms with Gasteiger partial charge in [-0.1, -0.05) is 30.3 Å². The number of nitrogens with zero attached hydrogens (tertiary/aromatic N) is 3. The van der Waals surface area contributed by atoms with E-state index in [1.165, 1.54) is 6.26 Å². The largest absolute Gasteiger partial charge is 0.444 e. The molecule has 0 radical (unpaired) electrons. The summed E-state index contributed by atoms with van der Waals surface area (Å²) in [4.78, 5) is 14.8. The first-order valence-electron chi connectivity index (χ1n) is 7.24. The van der Waals surface area contributed by atoms with E-state index in [9.17, 15) is 4.79 Å². The molecule has 23 heavy (non-hydrogen) atoms. The van der Waals surface area contributed by atoms with Crippen molar-refractivity contribution < 1.29 is 9.21 Å². The third kappa shape index (κ3) is 2.53. The minimum atomic E-state index is 0.298. The van der Waals surface area contributed by atoms with Crippen LogP contribution in [0.25, 0.3) is 22.4 Å². The van der Waals surface area contributed by atoms with Gasteiger partial charge in [0.2, 0.25) is 5.89 Å². The third-order valence-corrected chi connectivity index (χ3v) is 3.73. The summed E-state index contributed by atoms with van der Waals surface area (Å²) in [5.74, 6) is 0.447. The van der Waals surface area contributed by atoms with Crippen LogP contribution >= 0.6 is 0 Å². The fraction of sp³-hybridized carbons (Fsp3) is 0.0556. The lowest BCUT2D eigenvalue weighted by atomic mass is 10.1. The number of para-hydroxylation sites is 1. The van der Waals surface area contributed by atoms with Gasteiger partial charge in [-0.25, -0.2) is 4.98 Å². The average Bonchev–Trinajstić information content (AvgIpc) is 3.23. The van der Waals surface area contributed by atoms with Gasteiger partial charge < -0.3 is 4.42 Å². The standard InChI is InChI=1S/C18H13N3O2/c22-11-16-12-23-18(20-16)14-7-5-13(6-8-14)10-21-17-4-2-1-3-15(17)9-19-21/h1-9,11-12H,10H2. The van der Waals surface area contributed by atoms with Crippen LogP contribution in [0.1, 0.15) is 16.1 Å². The molecule has 4 rings (SSSR count). The van der Waals surface area contributed by atoms with Gasteiger partial charge >= 0.3 is 0 Å². The second-order valence-corrected chi connectivity index (χ2v) is 5.25. The maximum absolute atomic E-state index is 10.7. The number of aldehydes is 1. The molecule has 0 fully saturated rings. The minimum Gasteiger partial charge on any atom is -0.444 e. The molecule has 5 heteroatoms. The van der Waals surface area contributed by atoms with Crippen LogP contribution < -0.4 is 0 Å². The van der Waals surface area contributed by atoms with E-state index in [2.05, 4.69) is 22.2 Å². The number of hydrogen-bond donors (Lipinski definition) is 0. The first-order valence-corrected chi connectivity index (χ1v) is 7.24. The van der Waals surface area contributed by atoms with Crippen LogP contribution in [0.4, 0.5) is 0 Å². The topological polar surface area (TPSA) is 60.9 Å². The van der Waals surface area contributed by atoms with Crippen molar-refractivity contribution in [3.63, 3.8) is 0 Å². The number of aromatic nitrogens is 3. The van der Waals surface area contributed by atoms with Crippen molar-refractivity contribution in [2.45, 2.75) is 6.54 Å². The molecule has 0 saturated heterocycles. The van der Waals surface area contributed by atoms with E-state index in [-0.39, 0.29) is 0 Å². The number of oxazole rings is 1. The van der Waals surface area contributed by atoms with E-state index < -0.39 is 0 Å². The summed E-state index contributed by atoms with van der Waals surface area (Å²) in [5.41, 5.74) is 3.38. The second-order valence-electron chi connectivity index (χ2n) is 5.25. The highest BCUT2D eigenvalue weighted by atomic mass is 16.3. The van der Waals surface area contributed by atoms with Crippen LogP contribution in [0.15, 0.2) is 65.4 Å². The van der Waals surface area contributed by atoms with Crippen LogP contribution in [0.3, 0.4) is 0 Å². The molecule has 5 nitrogen and oxygen atoms in total. The molecule has 0 N–H and O–H groups in total. The Hall–Kier alpha value is -3.21. The molecule has 2 aromatic carbocycles. The first-order chi connectivity index (χ1) is 11.3. The summed E-state index contributed by atoms with van der Waals surface area (Å²) in [6.07, 6.45) is 3.90. The molecule has 112 valence electrons. The fourth-order valence-electron chi connectivity index (χ4n) is 2.55. The van der Waals surface area contributed by atoms with Crippen LogP contribution in [-0.2, 0) is 6.54 Å². The zero-order valence-electron chi connectivity index (χ0n) is 12.2. The van der Waals surface area contributed by atoms with Gasteiger partial charge in [0.05, 0.1) is 18.3 Å². The Morgan fingerprint density at radius 2 is 1.91 bits per heavy atom. The highest BCUT2D eigenvalue weighted by molar-refractivity contribution is 5.78. The van der Waals surface area contributed by atoms with Crippen LogP contribution in [0.2, 0.25) is 0 Å². The molecular weight excluding hydrogens is 290 g/mol. The lowest BCUT2D eigenvalue weighted by Crippen LogP contribution is -2.01.